The SMILES string of the molecule is C=C/C(C)=C(\C(C)=C(/C)O)n1c(N)c(C(N)=O)c2cnc(CO)nc21. The number of carbonyl (C=O) groups excluding carboxylic acids is 1. The lowest BCUT2D eigenvalue weighted by atomic mass is 10.1. The number of primary amides is 1. The number of hydrogen-bond acceptors (Lipinski definition) is 6. The van der Waals surface area contributed by atoms with Crippen molar-refractivity contribution in [3.8, 4) is 0 Å². The highest BCUT2D eigenvalue weighted by Gasteiger charge is 2.24. The highest BCUT2D eigenvalue weighted by molar-refractivity contribution is 6.11. The van der Waals surface area contributed by atoms with Crippen LogP contribution in [0, 0.1) is 0 Å². The maximum absolute atomic E-state index is 11.9. The molecular weight excluding hydrogens is 322 g/mol. The molecule has 2 aromatic heterocycles. The molecule has 0 saturated heterocycles. The van der Waals surface area contributed by atoms with Crippen LogP contribution in [-0.2, 0) is 6.61 Å². The lowest BCUT2D eigenvalue weighted by molar-refractivity contribution is 0.100. The van der Waals surface area contributed by atoms with E-state index in [0.717, 1.165) is 0 Å². The summed E-state index contributed by atoms with van der Waals surface area (Å²) in [5, 5.41) is 19.7. The number of rotatable bonds is 5. The van der Waals surface area contributed by atoms with Gasteiger partial charge < -0.3 is 21.7 Å². The fourth-order valence-electron chi connectivity index (χ4n) is 2.59. The van der Waals surface area contributed by atoms with Gasteiger partial charge in [-0.05, 0) is 26.3 Å². The Kier molecular flexibility index (Phi) is 4.94. The van der Waals surface area contributed by atoms with Gasteiger partial charge in [0.25, 0.3) is 5.91 Å². The molecule has 25 heavy (non-hydrogen) atoms. The first-order chi connectivity index (χ1) is 11.7. The molecule has 132 valence electrons. The average Bonchev–Trinajstić information content (AvgIpc) is 2.86. The summed E-state index contributed by atoms with van der Waals surface area (Å²) in [7, 11) is 0. The van der Waals surface area contributed by atoms with Crippen molar-refractivity contribution < 1.29 is 15.0 Å². The number of nitrogen functional groups attached to an aromatic ring is 1. The van der Waals surface area contributed by atoms with Crippen molar-refractivity contribution in [3.05, 3.63) is 47.1 Å². The minimum absolute atomic E-state index is 0.0729. The maximum atomic E-state index is 11.9. The molecule has 6 N–H and O–H groups in total. The molecule has 0 bridgehead atoms. The average molecular weight is 343 g/mol. The molecule has 0 aliphatic heterocycles. The zero-order valence-corrected chi connectivity index (χ0v) is 14.4. The number of fused-ring (bicyclic) bond motifs is 1. The van der Waals surface area contributed by atoms with Gasteiger partial charge >= 0.3 is 0 Å². The van der Waals surface area contributed by atoms with Gasteiger partial charge in [-0.1, -0.05) is 12.7 Å². The second-order valence-electron chi connectivity index (χ2n) is 5.59. The summed E-state index contributed by atoms with van der Waals surface area (Å²) in [4.78, 5) is 20.2. The second kappa shape index (κ2) is 6.78. The van der Waals surface area contributed by atoms with Crippen LogP contribution in [0.4, 0.5) is 5.82 Å². The van der Waals surface area contributed by atoms with E-state index in [-0.39, 0.29) is 29.6 Å². The van der Waals surface area contributed by atoms with Crippen LogP contribution in [0.25, 0.3) is 16.7 Å². The number of nitrogens with two attached hydrogens (primary N) is 2. The molecule has 0 aromatic carbocycles. The predicted octanol–water partition coefficient (Wildman–Crippen LogP) is 1.87. The van der Waals surface area contributed by atoms with Crippen molar-refractivity contribution in [3.63, 3.8) is 0 Å². The molecule has 8 heteroatoms. The van der Waals surface area contributed by atoms with Crippen molar-refractivity contribution in [1.29, 1.82) is 0 Å². The van der Waals surface area contributed by atoms with Crippen molar-refractivity contribution in [2.45, 2.75) is 27.4 Å². The molecule has 0 aliphatic rings. The molecule has 0 atom stereocenters. The second-order valence-corrected chi connectivity index (χ2v) is 5.59. The van der Waals surface area contributed by atoms with E-state index in [2.05, 4.69) is 16.5 Å². The fourth-order valence-corrected chi connectivity index (χ4v) is 2.59. The lowest BCUT2D eigenvalue weighted by Gasteiger charge is -2.16. The minimum Gasteiger partial charge on any atom is -0.512 e. The molecule has 2 rings (SSSR count). The number of anilines is 1. The van der Waals surface area contributed by atoms with Crippen molar-refractivity contribution >= 4 is 28.5 Å². The Bertz CT molecular complexity index is 933. The normalized spacial score (nSPS) is 13.4. The van der Waals surface area contributed by atoms with Gasteiger partial charge in [0.2, 0.25) is 0 Å². The minimum atomic E-state index is -0.723. The number of allylic oxidation sites excluding steroid dienone is 5. The van der Waals surface area contributed by atoms with Gasteiger partial charge in [-0.3, -0.25) is 9.36 Å². The van der Waals surface area contributed by atoms with Crippen LogP contribution in [0.2, 0.25) is 0 Å². The van der Waals surface area contributed by atoms with Crippen molar-refractivity contribution in [2.75, 3.05) is 5.73 Å². The van der Waals surface area contributed by atoms with Crippen LogP contribution in [0.5, 0.6) is 0 Å². The largest absolute Gasteiger partial charge is 0.512 e. The fraction of sp³-hybridized carbons (Fsp3) is 0.235. The standard InChI is InChI=1S/C17H21N5O3/c1-5-8(2)14(9(3)10(4)24)22-15(18)13(16(19)25)11-6-20-12(7-23)21-17(11)22/h5-6,23-24H,1,7,18H2,2-4H3,(H2,19,25)/b10-9+,14-8+. The van der Waals surface area contributed by atoms with Gasteiger partial charge in [0.1, 0.15) is 12.4 Å². The first-order valence-electron chi connectivity index (χ1n) is 7.51. The first-order valence-corrected chi connectivity index (χ1v) is 7.51. The van der Waals surface area contributed by atoms with Gasteiger partial charge in [0.15, 0.2) is 11.5 Å². The van der Waals surface area contributed by atoms with Gasteiger partial charge in [-0.25, -0.2) is 9.97 Å². The van der Waals surface area contributed by atoms with Gasteiger partial charge in [-0.15, -0.1) is 0 Å². The van der Waals surface area contributed by atoms with Crippen LogP contribution < -0.4 is 11.5 Å². The monoisotopic (exact) mass is 343 g/mol. The molecule has 0 saturated carbocycles. The lowest BCUT2D eigenvalue weighted by Crippen LogP contribution is -2.14. The van der Waals surface area contributed by atoms with Crippen LogP contribution in [0.3, 0.4) is 0 Å². The molecule has 0 radical (unpaired) electrons. The molecule has 0 spiro atoms. The summed E-state index contributed by atoms with van der Waals surface area (Å²) in [6, 6.07) is 0. The summed E-state index contributed by atoms with van der Waals surface area (Å²) in [5.74, 6) is -0.405. The third-order valence-corrected chi connectivity index (χ3v) is 3.99. The van der Waals surface area contributed by atoms with Crippen LogP contribution in [0.15, 0.2) is 35.8 Å². The molecule has 2 aromatic rings. The van der Waals surface area contributed by atoms with Gasteiger partial charge in [-0.2, -0.15) is 0 Å². The number of amides is 1. The van der Waals surface area contributed by atoms with Gasteiger partial charge in [0, 0.05) is 11.8 Å². The van der Waals surface area contributed by atoms with Crippen molar-refractivity contribution in [1.82, 2.24) is 14.5 Å². The third kappa shape index (κ3) is 2.99. The Hall–Kier alpha value is -3.13. The Labute approximate surface area is 144 Å². The number of aliphatic hydroxyl groups excluding tert-OH is 2. The first kappa shape index (κ1) is 18.2. The number of aromatic nitrogens is 3. The molecule has 1 amide bonds. The van der Waals surface area contributed by atoms with Crippen molar-refractivity contribution in [2.24, 2.45) is 5.73 Å². The van der Waals surface area contributed by atoms with Crippen LogP contribution >= 0.6 is 0 Å². The van der Waals surface area contributed by atoms with E-state index in [1.54, 1.807) is 19.9 Å². The molecule has 8 nitrogen and oxygen atoms in total. The smallest absolute Gasteiger partial charge is 0.253 e. The highest BCUT2D eigenvalue weighted by atomic mass is 16.3. The molecular formula is C17H21N5O3. The van der Waals surface area contributed by atoms with Crippen LogP contribution in [-0.4, -0.2) is 30.7 Å². The molecule has 2 heterocycles. The summed E-state index contributed by atoms with van der Waals surface area (Å²) in [6.07, 6.45) is 3.00. The number of carbonyl (C=O) groups is 1. The summed E-state index contributed by atoms with van der Waals surface area (Å²) in [5.41, 5.74) is 13.8. The molecule has 0 fully saturated rings. The van der Waals surface area contributed by atoms with E-state index in [1.807, 2.05) is 0 Å². The summed E-state index contributed by atoms with van der Waals surface area (Å²) >= 11 is 0. The van der Waals surface area contributed by atoms with E-state index in [1.165, 1.54) is 17.7 Å². The Morgan fingerprint density at radius 1 is 1.40 bits per heavy atom. The predicted molar refractivity (Wildman–Crippen MR) is 96.5 cm³/mol. The van der Waals surface area contributed by atoms with Crippen LogP contribution in [0.1, 0.15) is 37.0 Å². The van der Waals surface area contributed by atoms with E-state index in [9.17, 15) is 15.0 Å². The molecule has 0 unspecified atom stereocenters. The highest BCUT2D eigenvalue weighted by Crippen LogP contribution is 2.34. The Morgan fingerprint density at radius 3 is 2.52 bits per heavy atom. The quantitative estimate of drug-likeness (QED) is 0.482. The Balaban J connectivity index is 3.06. The number of hydrogen-bond donors (Lipinski definition) is 4. The third-order valence-electron chi connectivity index (χ3n) is 3.99. The Morgan fingerprint density at radius 2 is 2.04 bits per heavy atom. The maximum Gasteiger partial charge on any atom is 0.253 e. The number of aliphatic hydroxyl groups is 2. The summed E-state index contributed by atoms with van der Waals surface area (Å²) in [6.45, 7) is 8.42. The van der Waals surface area contributed by atoms with E-state index >= 15 is 0 Å². The summed E-state index contributed by atoms with van der Waals surface area (Å²) < 4.78 is 1.52. The topological polar surface area (TPSA) is 140 Å². The van der Waals surface area contributed by atoms with Gasteiger partial charge in [0.05, 0.1) is 22.4 Å². The zero-order valence-electron chi connectivity index (χ0n) is 14.4. The molecule has 0 aliphatic carbocycles. The number of nitrogens with zero attached hydrogens (tertiary/aromatic N) is 3. The zero-order chi connectivity index (χ0) is 18.9. The van der Waals surface area contributed by atoms with E-state index in [4.69, 9.17) is 11.5 Å². The van der Waals surface area contributed by atoms with E-state index in [0.29, 0.717) is 27.9 Å². The van der Waals surface area contributed by atoms with E-state index < -0.39 is 5.91 Å².